The standard InChI is InChI=1S/C24H26N4O2/c29-22(25-16-17-9-3-1-4-10-17)15-21-23(30)27(18-11-5-2-6-12-18)24-26-19-13-7-8-14-20(19)28(21)24/h1,3-4,7-10,13-14,18,21H,2,5-6,11-12,15-16H2,(H,25,29). The Labute approximate surface area is 175 Å². The summed E-state index contributed by atoms with van der Waals surface area (Å²) < 4.78 is 1.98. The molecule has 1 aliphatic carbocycles. The molecule has 0 bridgehead atoms. The Kier molecular flexibility index (Phi) is 4.99. The van der Waals surface area contributed by atoms with E-state index in [-0.39, 0.29) is 24.3 Å². The van der Waals surface area contributed by atoms with Crippen molar-refractivity contribution in [2.75, 3.05) is 4.90 Å². The minimum Gasteiger partial charge on any atom is -0.352 e. The first kappa shape index (κ1) is 18.9. The van der Waals surface area contributed by atoms with Gasteiger partial charge in [0, 0.05) is 12.6 Å². The van der Waals surface area contributed by atoms with Gasteiger partial charge < -0.3 is 5.32 Å². The number of hydrogen-bond acceptors (Lipinski definition) is 3. The van der Waals surface area contributed by atoms with Gasteiger partial charge in [-0.05, 0) is 30.5 Å². The molecule has 1 saturated carbocycles. The molecule has 1 atom stereocenters. The molecule has 2 heterocycles. The Morgan fingerprint density at radius 2 is 1.73 bits per heavy atom. The highest BCUT2D eigenvalue weighted by Crippen LogP contribution is 2.40. The minimum atomic E-state index is -0.537. The summed E-state index contributed by atoms with van der Waals surface area (Å²) in [4.78, 5) is 32.9. The lowest BCUT2D eigenvalue weighted by Gasteiger charge is -2.30. The second-order valence-electron chi connectivity index (χ2n) is 8.25. The van der Waals surface area contributed by atoms with Crippen LogP contribution in [-0.2, 0) is 16.1 Å². The number of para-hydroxylation sites is 2. The van der Waals surface area contributed by atoms with Crippen LogP contribution in [0.5, 0.6) is 0 Å². The van der Waals surface area contributed by atoms with E-state index in [1.165, 1.54) is 6.42 Å². The van der Waals surface area contributed by atoms with E-state index >= 15 is 0 Å². The number of aromatic nitrogens is 2. The summed E-state index contributed by atoms with van der Waals surface area (Å²) in [5.74, 6) is 0.588. The summed E-state index contributed by atoms with van der Waals surface area (Å²) in [6.07, 6.45) is 5.63. The van der Waals surface area contributed by atoms with Crippen LogP contribution in [0.25, 0.3) is 11.0 Å². The van der Waals surface area contributed by atoms with Gasteiger partial charge in [-0.3, -0.25) is 19.1 Å². The van der Waals surface area contributed by atoms with Gasteiger partial charge in [0.05, 0.1) is 17.5 Å². The average Bonchev–Trinajstić information content (AvgIpc) is 3.28. The summed E-state index contributed by atoms with van der Waals surface area (Å²) in [5.41, 5.74) is 2.83. The van der Waals surface area contributed by atoms with Crippen LogP contribution in [0.3, 0.4) is 0 Å². The van der Waals surface area contributed by atoms with E-state index in [1.807, 2.05) is 64.1 Å². The molecule has 154 valence electrons. The fourth-order valence-corrected chi connectivity index (χ4v) is 4.78. The second-order valence-corrected chi connectivity index (χ2v) is 8.25. The lowest BCUT2D eigenvalue weighted by atomic mass is 9.94. The van der Waals surface area contributed by atoms with Crippen molar-refractivity contribution in [3.05, 3.63) is 60.2 Å². The largest absolute Gasteiger partial charge is 0.352 e. The van der Waals surface area contributed by atoms with Gasteiger partial charge in [0.25, 0.3) is 5.91 Å². The zero-order chi connectivity index (χ0) is 20.5. The maximum absolute atomic E-state index is 13.5. The Bertz CT molecular complexity index is 1070. The van der Waals surface area contributed by atoms with E-state index in [9.17, 15) is 9.59 Å². The molecule has 2 amide bonds. The van der Waals surface area contributed by atoms with Gasteiger partial charge in [0.1, 0.15) is 6.04 Å². The fourth-order valence-electron chi connectivity index (χ4n) is 4.78. The Morgan fingerprint density at radius 3 is 2.53 bits per heavy atom. The number of nitrogens with one attached hydrogen (secondary N) is 1. The zero-order valence-electron chi connectivity index (χ0n) is 17.0. The lowest BCUT2D eigenvalue weighted by molar-refractivity contribution is -0.127. The first-order chi connectivity index (χ1) is 14.7. The Balaban J connectivity index is 1.42. The molecule has 1 N–H and O–H groups in total. The van der Waals surface area contributed by atoms with Gasteiger partial charge in [-0.15, -0.1) is 0 Å². The van der Waals surface area contributed by atoms with Gasteiger partial charge in [-0.1, -0.05) is 61.7 Å². The molecule has 3 aromatic rings. The number of carbonyl (C=O) groups is 2. The van der Waals surface area contributed by atoms with Crippen LogP contribution in [0.1, 0.15) is 50.1 Å². The summed E-state index contributed by atoms with van der Waals surface area (Å²) >= 11 is 0. The molecule has 2 aliphatic rings. The van der Waals surface area contributed by atoms with Crippen molar-refractivity contribution in [1.29, 1.82) is 0 Å². The topological polar surface area (TPSA) is 67.2 Å². The van der Waals surface area contributed by atoms with Gasteiger partial charge in [0.2, 0.25) is 11.9 Å². The molecule has 2 aromatic carbocycles. The van der Waals surface area contributed by atoms with Gasteiger partial charge in [0.15, 0.2) is 0 Å². The van der Waals surface area contributed by atoms with Gasteiger partial charge in [-0.2, -0.15) is 0 Å². The third kappa shape index (κ3) is 3.36. The number of rotatable bonds is 5. The van der Waals surface area contributed by atoms with E-state index in [4.69, 9.17) is 4.98 Å². The van der Waals surface area contributed by atoms with Crippen molar-refractivity contribution >= 4 is 28.8 Å². The predicted molar refractivity (Wildman–Crippen MR) is 116 cm³/mol. The number of amides is 2. The highest BCUT2D eigenvalue weighted by molar-refractivity contribution is 6.04. The van der Waals surface area contributed by atoms with Crippen molar-refractivity contribution in [1.82, 2.24) is 14.9 Å². The molecular formula is C24H26N4O2. The van der Waals surface area contributed by atoms with Gasteiger partial charge >= 0.3 is 0 Å². The zero-order valence-corrected chi connectivity index (χ0v) is 17.0. The minimum absolute atomic E-state index is 0.00464. The van der Waals surface area contributed by atoms with Gasteiger partial charge in [-0.25, -0.2) is 4.98 Å². The molecule has 1 aliphatic heterocycles. The van der Waals surface area contributed by atoms with E-state index in [1.54, 1.807) is 0 Å². The first-order valence-corrected chi connectivity index (χ1v) is 10.8. The number of carbonyl (C=O) groups excluding carboxylic acids is 2. The smallest absolute Gasteiger partial charge is 0.253 e. The number of fused-ring (bicyclic) bond motifs is 3. The maximum Gasteiger partial charge on any atom is 0.253 e. The SMILES string of the molecule is O=C(CC1C(=O)N(C2CCCCC2)c2nc3ccccc3n21)NCc1ccccc1. The van der Waals surface area contributed by atoms with E-state index < -0.39 is 6.04 Å². The molecule has 0 spiro atoms. The van der Waals surface area contributed by atoms with Crippen LogP contribution < -0.4 is 10.2 Å². The number of nitrogens with zero attached hydrogens (tertiary/aromatic N) is 3. The fraction of sp³-hybridized carbons (Fsp3) is 0.375. The molecule has 1 unspecified atom stereocenters. The number of hydrogen-bond donors (Lipinski definition) is 1. The van der Waals surface area contributed by atoms with Crippen molar-refractivity contribution < 1.29 is 9.59 Å². The van der Waals surface area contributed by atoms with Crippen molar-refractivity contribution in [3.8, 4) is 0 Å². The molecule has 30 heavy (non-hydrogen) atoms. The van der Waals surface area contributed by atoms with Crippen LogP contribution in [0.4, 0.5) is 5.95 Å². The third-order valence-electron chi connectivity index (χ3n) is 6.28. The monoisotopic (exact) mass is 402 g/mol. The Morgan fingerprint density at radius 1 is 1.00 bits per heavy atom. The van der Waals surface area contributed by atoms with Crippen molar-refractivity contribution in [3.63, 3.8) is 0 Å². The average molecular weight is 402 g/mol. The summed E-state index contributed by atoms with van der Waals surface area (Å²) in [5, 5.41) is 2.97. The van der Waals surface area contributed by atoms with E-state index in [0.29, 0.717) is 12.5 Å². The number of anilines is 1. The van der Waals surface area contributed by atoms with E-state index in [0.717, 1.165) is 42.3 Å². The second kappa shape index (κ2) is 7.94. The maximum atomic E-state index is 13.5. The Hall–Kier alpha value is -3.15. The molecule has 0 saturated heterocycles. The molecule has 6 heteroatoms. The van der Waals surface area contributed by atoms with Crippen LogP contribution in [0, 0.1) is 0 Å². The molecule has 5 rings (SSSR count). The molecule has 6 nitrogen and oxygen atoms in total. The van der Waals surface area contributed by atoms with Crippen LogP contribution in [0.15, 0.2) is 54.6 Å². The molecule has 1 fully saturated rings. The lowest BCUT2D eigenvalue weighted by Crippen LogP contribution is -2.41. The highest BCUT2D eigenvalue weighted by Gasteiger charge is 2.44. The number of imidazole rings is 1. The first-order valence-electron chi connectivity index (χ1n) is 10.8. The molecule has 0 radical (unpaired) electrons. The summed E-state index contributed by atoms with van der Waals surface area (Å²) in [6, 6.07) is 17.3. The van der Waals surface area contributed by atoms with Crippen molar-refractivity contribution in [2.24, 2.45) is 0 Å². The van der Waals surface area contributed by atoms with Crippen LogP contribution in [-0.4, -0.2) is 27.4 Å². The van der Waals surface area contributed by atoms with Crippen LogP contribution >= 0.6 is 0 Å². The normalized spacial score (nSPS) is 19.3. The summed E-state index contributed by atoms with van der Waals surface area (Å²) in [7, 11) is 0. The van der Waals surface area contributed by atoms with Crippen molar-refractivity contribution in [2.45, 2.75) is 57.2 Å². The summed E-state index contributed by atoms with van der Waals surface area (Å²) in [6.45, 7) is 0.463. The molecular weight excluding hydrogens is 376 g/mol. The van der Waals surface area contributed by atoms with E-state index in [2.05, 4.69) is 5.32 Å². The quantitative estimate of drug-likeness (QED) is 0.702. The molecule has 1 aromatic heterocycles. The third-order valence-corrected chi connectivity index (χ3v) is 6.28. The van der Waals surface area contributed by atoms with Crippen LogP contribution in [0.2, 0.25) is 0 Å². The number of benzene rings is 2. The predicted octanol–water partition coefficient (Wildman–Crippen LogP) is 3.96. The highest BCUT2D eigenvalue weighted by atomic mass is 16.2.